The molecule has 8 heteroatoms. The van der Waals surface area contributed by atoms with Crippen LogP contribution < -0.4 is 0 Å². The van der Waals surface area contributed by atoms with Crippen LogP contribution in [0.5, 0.6) is 0 Å². The zero-order valence-electron chi connectivity index (χ0n) is 15.5. The highest BCUT2D eigenvalue weighted by Gasteiger charge is 2.43. The van der Waals surface area contributed by atoms with Gasteiger partial charge in [-0.2, -0.15) is 0 Å². The van der Waals surface area contributed by atoms with E-state index in [1.54, 1.807) is 6.07 Å². The van der Waals surface area contributed by atoms with Crippen LogP contribution in [0.3, 0.4) is 0 Å². The Labute approximate surface area is 159 Å². The minimum absolute atomic E-state index is 0.108. The second-order valence-corrected chi connectivity index (χ2v) is 7.69. The van der Waals surface area contributed by atoms with Crippen molar-refractivity contribution in [1.82, 2.24) is 19.9 Å². The Hall–Kier alpha value is -1.60. The topological polar surface area (TPSA) is 69.9 Å². The van der Waals surface area contributed by atoms with Gasteiger partial charge in [0, 0.05) is 63.6 Å². The summed E-state index contributed by atoms with van der Waals surface area (Å²) in [4.78, 5) is 31.2. The van der Waals surface area contributed by atoms with Gasteiger partial charge in [0.1, 0.15) is 5.76 Å². The molecule has 7 nitrogen and oxygen atoms in total. The van der Waals surface area contributed by atoms with Crippen LogP contribution in [0.2, 0.25) is 5.15 Å². The first-order valence-corrected chi connectivity index (χ1v) is 9.69. The number of hydrogen-bond acceptors (Lipinski definition) is 5. The van der Waals surface area contributed by atoms with Crippen LogP contribution in [0.1, 0.15) is 38.4 Å². The maximum Gasteiger partial charge on any atom is 0.223 e. The Kier molecular flexibility index (Phi) is 5.87. The molecular formula is C18H27ClN4O3. The van der Waals surface area contributed by atoms with Crippen molar-refractivity contribution in [2.45, 2.75) is 44.6 Å². The molecule has 0 unspecified atom stereocenters. The number of carbonyl (C=O) groups is 2. The molecule has 1 spiro atoms. The van der Waals surface area contributed by atoms with E-state index in [2.05, 4.69) is 17.1 Å². The molecule has 0 bridgehead atoms. The zero-order chi connectivity index (χ0) is 18.7. The average molecular weight is 383 g/mol. The van der Waals surface area contributed by atoms with E-state index in [1.165, 1.54) is 0 Å². The van der Waals surface area contributed by atoms with Crippen LogP contribution in [0.15, 0.2) is 10.6 Å². The van der Waals surface area contributed by atoms with E-state index < -0.39 is 0 Å². The Bertz CT molecular complexity index is 665. The third-order valence-corrected chi connectivity index (χ3v) is 6.03. The van der Waals surface area contributed by atoms with Gasteiger partial charge in [0.05, 0.1) is 0 Å². The number of rotatable bonds is 4. The first-order chi connectivity index (χ1) is 12.4. The molecule has 0 saturated carbocycles. The highest BCUT2D eigenvalue weighted by Crippen LogP contribution is 2.32. The predicted molar refractivity (Wildman–Crippen MR) is 97.9 cm³/mol. The van der Waals surface area contributed by atoms with Gasteiger partial charge in [-0.3, -0.25) is 14.5 Å². The Balaban J connectivity index is 1.63. The standard InChI is InChI=1S/C18H27ClN4O3/c1-3-22-9-8-18(7-6-17(22)25)13-23(11-10-21(18)2)16(24)5-4-14-12-15(19)20-26-14/h12H,3-11,13H2,1-2H3/t18-/m0/s1. The third-order valence-electron chi connectivity index (χ3n) is 5.85. The summed E-state index contributed by atoms with van der Waals surface area (Å²) in [7, 11) is 2.12. The highest BCUT2D eigenvalue weighted by atomic mass is 35.5. The number of likely N-dealkylation sites (tertiary alicyclic amines) is 1. The van der Waals surface area contributed by atoms with Crippen molar-refractivity contribution in [3.05, 3.63) is 17.0 Å². The summed E-state index contributed by atoms with van der Waals surface area (Å²) in [6.07, 6.45) is 3.15. The molecule has 2 aliphatic heterocycles. The number of halogens is 1. The molecule has 0 aromatic carbocycles. The highest BCUT2D eigenvalue weighted by molar-refractivity contribution is 6.29. The molecular weight excluding hydrogens is 356 g/mol. The number of likely N-dealkylation sites (N-methyl/N-ethyl adjacent to an activating group) is 1. The molecule has 2 aliphatic rings. The molecule has 3 rings (SSSR count). The van der Waals surface area contributed by atoms with Crippen LogP contribution in [0, 0.1) is 0 Å². The Morgan fingerprint density at radius 1 is 1.35 bits per heavy atom. The number of aromatic nitrogens is 1. The zero-order valence-corrected chi connectivity index (χ0v) is 16.3. The lowest BCUT2D eigenvalue weighted by molar-refractivity contribution is -0.137. The van der Waals surface area contributed by atoms with Gasteiger partial charge in [-0.15, -0.1) is 0 Å². The lowest BCUT2D eigenvalue weighted by Crippen LogP contribution is -2.62. The number of hydrogen-bond donors (Lipinski definition) is 0. The lowest BCUT2D eigenvalue weighted by Gasteiger charge is -2.49. The maximum atomic E-state index is 12.7. The molecule has 0 N–H and O–H groups in total. The van der Waals surface area contributed by atoms with Crippen molar-refractivity contribution in [3.63, 3.8) is 0 Å². The van der Waals surface area contributed by atoms with E-state index in [9.17, 15) is 9.59 Å². The van der Waals surface area contributed by atoms with Crippen molar-refractivity contribution in [3.8, 4) is 0 Å². The predicted octanol–water partition coefficient (Wildman–Crippen LogP) is 1.81. The fourth-order valence-corrected chi connectivity index (χ4v) is 4.19. The monoisotopic (exact) mass is 382 g/mol. The summed E-state index contributed by atoms with van der Waals surface area (Å²) in [6.45, 7) is 5.77. The number of aryl methyl sites for hydroxylation is 1. The SMILES string of the molecule is CCN1CC[C@@]2(CCC1=O)CN(C(=O)CCc1cc(Cl)no1)CCN2C. The van der Waals surface area contributed by atoms with Gasteiger partial charge in [-0.25, -0.2) is 0 Å². The number of carbonyl (C=O) groups excluding carboxylic acids is 2. The van der Waals surface area contributed by atoms with Gasteiger partial charge in [0.25, 0.3) is 0 Å². The van der Waals surface area contributed by atoms with Gasteiger partial charge in [0.15, 0.2) is 5.15 Å². The van der Waals surface area contributed by atoms with Crippen molar-refractivity contribution >= 4 is 23.4 Å². The van der Waals surface area contributed by atoms with Crippen LogP contribution >= 0.6 is 11.6 Å². The van der Waals surface area contributed by atoms with E-state index >= 15 is 0 Å². The third kappa shape index (κ3) is 4.04. The normalized spacial score (nSPS) is 25.0. The average Bonchev–Trinajstić information content (AvgIpc) is 2.98. The molecule has 144 valence electrons. The fraction of sp³-hybridized carbons (Fsp3) is 0.722. The van der Waals surface area contributed by atoms with Gasteiger partial charge in [-0.1, -0.05) is 16.8 Å². The first-order valence-electron chi connectivity index (χ1n) is 9.31. The minimum atomic E-state index is -0.108. The lowest BCUT2D eigenvalue weighted by atomic mass is 9.86. The van der Waals surface area contributed by atoms with E-state index in [-0.39, 0.29) is 17.4 Å². The molecule has 0 radical (unpaired) electrons. The maximum absolute atomic E-state index is 12.7. The quantitative estimate of drug-likeness (QED) is 0.794. The van der Waals surface area contributed by atoms with Gasteiger partial charge < -0.3 is 14.3 Å². The van der Waals surface area contributed by atoms with Crippen LogP contribution in [-0.4, -0.2) is 77.0 Å². The smallest absolute Gasteiger partial charge is 0.223 e. The molecule has 0 aliphatic carbocycles. The second-order valence-electron chi connectivity index (χ2n) is 7.30. The molecule has 3 heterocycles. The Morgan fingerprint density at radius 2 is 2.15 bits per heavy atom. The molecule has 1 aromatic rings. The first kappa shape index (κ1) is 19.2. The molecule has 2 amide bonds. The molecule has 1 atom stereocenters. The van der Waals surface area contributed by atoms with Gasteiger partial charge in [-0.05, 0) is 26.8 Å². The van der Waals surface area contributed by atoms with Gasteiger partial charge in [0.2, 0.25) is 11.8 Å². The van der Waals surface area contributed by atoms with Crippen molar-refractivity contribution in [2.24, 2.45) is 0 Å². The van der Waals surface area contributed by atoms with Crippen LogP contribution in [0.25, 0.3) is 0 Å². The largest absolute Gasteiger partial charge is 0.360 e. The Morgan fingerprint density at radius 3 is 2.85 bits per heavy atom. The molecule has 26 heavy (non-hydrogen) atoms. The number of amides is 2. The molecule has 2 fully saturated rings. The number of piperazine rings is 1. The van der Waals surface area contributed by atoms with Crippen LogP contribution in [0.4, 0.5) is 0 Å². The summed E-state index contributed by atoms with van der Waals surface area (Å²) in [5.41, 5.74) is -0.108. The summed E-state index contributed by atoms with van der Waals surface area (Å²) in [6, 6.07) is 1.65. The minimum Gasteiger partial charge on any atom is -0.360 e. The summed E-state index contributed by atoms with van der Waals surface area (Å²) in [5, 5.41) is 3.95. The van der Waals surface area contributed by atoms with Gasteiger partial charge >= 0.3 is 0 Å². The van der Waals surface area contributed by atoms with E-state index in [4.69, 9.17) is 16.1 Å². The molecule has 2 saturated heterocycles. The van der Waals surface area contributed by atoms with E-state index in [0.29, 0.717) is 36.7 Å². The summed E-state index contributed by atoms with van der Waals surface area (Å²) >= 11 is 5.75. The summed E-state index contributed by atoms with van der Waals surface area (Å²) in [5.74, 6) is 0.974. The van der Waals surface area contributed by atoms with Crippen molar-refractivity contribution < 1.29 is 14.1 Å². The second kappa shape index (κ2) is 7.96. The van der Waals surface area contributed by atoms with Crippen LogP contribution in [-0.2, 0) is 16.0 Å². The van der Waals surface area contributed by atoms with E-state index in [1.807, 2.05) is 16.7 Å². The fourth-order valence-electron chi connectivity index (χ4n) is 4.03. The molecule has 1 aromatic heterocycles. The van der Waals surface area contributed by atoms with Crippen molar-refractivity contribution in [2.75, 3.05) is 39.8 Å². The van der Waals surface area contributed by atoms with E-state index in [0.717, 1.165) is 39.0 Å². The van der Waals surface area contributed by atoms with Crippen molar-refractivity contribution in [1.29, 1.82) is 0 Å². The number of nitrogens with zero attached hydrogens (tertiary/aromatic N) is 4. The summed E-state index contributed by atoms with van der Waals surface area (Å²) < 4.78 is 5.08.